The number of hydrogen-bond donors (Lipinski definition) is 1. The highest BCUT2D eigenvalue weighted by molar-refractivity contribution is 7.91. The van der Waals surface area contributed by atoms with Crippen molar-refractivity contribution in [3.63, 3.8) is 0 Å². The van der Waals surface area contributed by atoms with Gasteiger partial charge in [0.15, 0.2) is 9.84 Å². The number of ether oxygens (including phenoxy) is 1. The molecule has 0 aromatic heterocycles. The van der Waals surface area contributed by atoms with Crippen LogP contribution >= 0.6 is 0 Å². The Labute approximate surface area is 125 Å². The molecule has 0 aliphatic carbocycles. The van der Waals surface area contributed by atoms with E-state index in [1.165, 1.54) is 24.3 Å². The van der Waals surface area contributed by atoms with Crippen LogP contribution in [0.3, 0.4) is 0 Å². The first-order chi connectivity index (χ1) is 9.81. The van der Waals surface area contributed by atoms with Crippen molar-refractivity contribution in [3.8, 4) is 0 Å². The Hall–Kier alpha value is -1.40. The van der Waals surface area contributed by atoms with E-state index in [0.717, 1.165) is 6.42 Å². The number of sulfone groups is 1. The van der Waals surface area contributed by atoms with Gasteiger partial charge in [0.2, 0.25) is 0 Å². The maximum atomic E-state index is 12.1. The van der Waals surface area contributed by atoms with Crippen LogP contribution in [0.2, 0.25) is 0 Å². The Morgan fingerprint density at radius 1 is 1.19 bits per heavy atom. The molecule has 0 amide bonds. The van der Waals surface area contributed by atoms with E-state index in [9.17, 15) is 13.2 Å². The quantitative estimate of drug-likeness (QED) is 0.706. The zero-order chi connectivity index (χ0) is 15.9. The van der Waals surface area contributed by atoms with Crippen LogP contribution in [0.25, 0.3) is 0 Å². The molecule has 0 atom stereocenters. The van der Waals surface area contributed by atoms with E-state index in [1.807, 2.05) is 0 Å². The molecule has 0 unspecified atom stereocenters. The molecule has 1 aromatic carbocycles. The van der Waals surface area contributed by atoms with Gasteiger partial charge >= 0.3 is 5.97 Å². The number of benzene rings is 1. The predicted octanol–water partition coefficient (Wildman–Crippen LogP) is 2.15. The van der Waals surface area contributed by atoms with Crippen LogP contribution in [-0.4, -0.2) is 38.5 Å². The molecule has 0 aliphatic heterocycles. The predicted molar refractivity (Wildman–Crippen MR) is 80.1 cm³/mol. The third kappa shape index (κ3) is 6.73. The smallest absolute Gasteiger partial charge is 0.307 e. The van der Waals surface area contributed by atoms with E-state index >= 15 is 0 Å². The Balaban J connectivity index is 2.52. The molecule has 1 rings (SSSR count). The molecule has 1 N–H and O–H groups in total. The van der Waals surface area contributed by atoms with Crippen molar-refractivity contribution in [2.75, 3.05) is 19.0 Å². The van der Waals surface area contributed by atoms with Crippen molar-refractivity contribution >= 4 is 15.8 Å². The molecule has 0 radical (unpaired) electrons. The van der Waals surface area contributed by atoms with Crippen LogP contribution in [0.4, 0.5) is 0 Å². The number of hydrogen-bond acceptors (Lipinski definition) is 4. The molecule has 0 saturated carbocycles. The standard InChI is InChI=1S/C15H22O5S/c1-12(2)7-8-20-9-10-21(18,19)14-5-3-13(4-6-14)11-15(16)17/h3-6,12H,7-11H2,1-2H3,(H,16,17). The Morgan fingerprint density at radius 3 is 2.33 bits per heavy atom. The summed E-state index contributed by atoms with van der Waals surface area (Å²) in [6, 6.07) is 5.95. The summed E-state index contributed by atoms with van der Waals surface area (Å²) in [5.74, 6) is -0.476. The summed E-state index contributed by atoms with van der Waals surface area (Å²) >= 11 is 0. The highest BCUT2D eigenvalue weighted by Gasteiger charge is 2.14. The fourth-order valence-electron chi connectivity index (χ4n) is 1.70. The van der Waals surface area contributed by atoms with Gasteiger partial charge in [0, 0.05) is 6.61 Å². The molecule has 0 aliphatic rings. The second kappa shape index (κ2) is 8.14. The summed E-state index contributed by atoms with van der Waals surface area (Å²) < 4.78 is 29.5. The number of carbonyl (C=O) groups is 1. The number of rotatable bonds is 9. The van der Waals surface area contributed by atoms with E-state index < -0.39 is 15.8 Å². The van der Waals surface area contributed by atoms with Crippen LogP contribution in [0.5, 0.6) is 0 Å². The van der Waals surface area contributed by atoms with Crippen molar-refractivity contribution in [3.05, 3.63) is 29.8 Å². The van der Waals surface area contributed by atoms with Gasteiger partial charge in [0.1, 0.15) is 0 Å². The second-order valence-corrected chi connectivity index (χ2v) is 7.44. The highest BCUT2D eigenvalue weighted by atomic mass is 32.2. The Kier molecular flexibility index (Phi) is 6.84. The first kappa shape index (κ1) is 17.7. The molecule has 1 aromatic rings. The lowest BCUT2D eigenvalue weighted by atomic mass is 10.1. The average Bonchev–Trinajstić information content (AvgIpc) is 2.37. The Bertz CT molecular complexity index is 546. The Morgan fingerprint density at radius 2 is 1.81 bits per heavy atom. The van der Waals surface area contributed by atoms with Gasteiger partial charge in [-0.3, -0.25) is 4.79 Å². The average molecular weight is 314 g/mol. The van der Waals surface area contributed by atoms with Gasteiger partial charge in [-0.1, -0.05) is 26.0 Å². The summed E-state index contributed by atoms with van der Waals surface area (Å²) in [5.41, 5.74) is 0.578. The molecule has 6 heteroatoms. The van der Waals surface area contributed by atoms with Crippen molar-refractivity contribution in [1.29, 1.82) is 0 Å². The first-order valence-electron chi connectivity index (χ1n) is 6.92. The maximum absolute atomic E-state index is 12.1. The molecule has 5 nitrogen and oxygen atoms in total. The van der Waals surface area contributed by atoms with Crippen LogP contribution < -0.4 is 0 Å². The normalized spacial score (nSPS) is 11.8. The lowest BCUT2D eigenvalue weighted by molar-refractivity contribution is -0.136. The molecule has 0 spiro atoms. The van der Waals surface area contributed by atoms with Gasteiger partial charge in [0.05, 0.1) is 23.7 Å². The van der Waals surface area contributed by atoms with Crippen LogP contribution in [-0.2, 0) is 25.8 Å². The summed E-state index contributed by atoms with van der Waals surface area (Å²) in [6.07, 6.45) is 0.794. The minimum atomic E-state index is -3.38. The highest BCUT2D eigenvalue weighted by Crippen LogP contribution is 2.13. The summed E-state index contributed by atoms with van der Waals surface area (Å²) in [7, 11) is -3.38. The van der Waals surface area contributed by atoms with E-state index in [4.69, 9.17) is 9.84 Å². The number of carboxylic acids is 1. The monoisotopic (exact) mass is 314 g/mol. The summed E-state index contributed by atoms with van der Waals surface area (Å²) in [6.45, 7) is 4.90. The zero-order valence-corrected chi connectivity index (χ0v) is 13.2. The molecular weight excluding hydrogens is 292 g/mol. The minimum absolute atomic E-state index is 0.0661. The van der Waals surface area contributed by atoms with E-state index in [0.29, 0.717) is 18.1 Å². The molecule has 21 heavy (non-hydrogen) atoms. The van der Waals surface area contributed by atoms with Crippen LogP contribution in [0.1, 0.15) is 25.8 Å². The fourth-order valence-corrected chi connectivity index (χ4v) is 2.82. The zero-order valence-electron chi connectivity index (χ0n) is 12.4. The second-order valence-electron chi connectivity index (χ2n) is 5.33. The van der Waals surface area contributed by atoms with E-state index in [1.54, 1.807) is 0 Å². The van der Waals surface area contributed by atoms with Gasteiger partial charge in [-0.2, -0.15) is 0 Å². The lowest BCUT2D eigenvalue weighted by Crippen LogP contribution is -2.13. The van der Waals surface area contributed by atoms with Gasteiger partial charge in [-0.25, -0.2) is 8.42 Å². The first-order valence-corrected chi connectivity index (χ1v) is 8.57. The van der Waals surface area contributed by atoms with Crippen LogP contribution in [0, 0.1) is 5.92 Å². The van der Waals surface area contributed by atoms with Crippen molar-refractivity contribution < 1.29 is 23.1 Å². The SMILES string of the molecule is CC(C)CCOCCS(=O)(=O)c1ccc(CC(=O)O)cc1. The molecular formula is C15H22O5S. The number of aliphatic carboxylic acids is 1. The largest absolute Gasteiger partial charge is 0.481 e. The van der Waals surface area contributed by atoms with Crippen molar-refractivity contribution in [1.82, 2.24) is 0 Å². The van der Waals surface area contributed by atoms with Crippen molar-refractivity contribution in [2.45, 2.75) is 31.6 Å². The molecule has 0 bridgehead atoms. The maximum Gasteiger partial charge on any atom is 0.307 e. The topological polar surface area (TPSA) is 80.7 Å². The number of carboxylic acid groups (broad SMARTS) is 1. The van der Waals surface area contributed by atoms with Crippen LogP contribution in [0.15, 0.2) is 29.2 Å². The molecule has 118 valence electrons. The van der Waals surface area contributed by atoms with E-state index in [-0.39, 0.29) is 23.7 Å². The van der Waals surface area contributed by atoms with Gasteiger partial charge in [-0.05, 0) is 30.0 Å². The minimum Gasteiger partial charge on any atom is -0.481 e. The van der Waals surface area contributed by atoms with Gasteiger partial charge in [-0.15, -0.1) is 0 Å². The van der Waals surface area contributed by atoms with Gasteiger partial charge < -0.3 is 9.84 Å². The van der Waals surface area contributed by atoms with Crippen molar-refractivity contribution in [2.24, 2.45) is 5.92 Å². The third-order valence-electron chi connectivity index (χ3n) is 2.97. The van der Waals surface area contributed by atoms with Gasteiger partial charge in [0.25, 0.3) is 0 Å². The molecule has 0 heterocycles. The molecule has 0 saturated heterocycles. The lowest BCUT2D eigenvalue weighted by Gasteiger charge is -2.08. The fraction of sp³-hybridized carbons (Fsp3) is 0.533. The van der Waals surface area contributed by atoms with E-state index in [2.05, 4.69) is 13.8 Å². The third-order valence-corrected chi connectivity index (χ3v) is 4.67. The summed E-state index contributed by atoms with van der Waals surface area (Å²) in [4.78, 5) is 10.8. The molecule has 0 fully saturated rings. The summed E-state index contributed by atoms with van der Waals surface area (Å²) in [5, 5.41) is 8.67.